The molecule has 0 amide bonds. The fourth-order valence-electron chi connectivity index (χ4n) is 2.62. The van der Waals surface area contributed by atoms with Gasteiger partial charge in [0.2, 0.25) is 11.6 Å². The molecule has 0 saturated carbocycles. The van der Waals surface area contributed by atoms with E-state index in [9.17, 15) is 37.6 Å². The number of nitro groups is 1. The number of carbonyl (C=O) groups is 1. The van der Waals surface area contributed by atoms with E-state index in [1.165, 1.54) is 6.92 Å². The first kappa shape index (κ1) is 20.3. The summed E-state index contributed by atoms with van der Waals surface area (Å²) >= 11 is 0. The minimum atomic E-state index is -2.42. The quantitative estimate of drug-likeness (QED) is 0.121. The molecule has 146 valence electrons. The van der Waals surface area contributed by atoms with Crippen molar-refractivity contribution in [1.82, 2.24) is 0 Å². The summed E-state index contributed by atoms with van der Waals surface area (Å²) in [4.78, 5) is 25.8. The third-order valence-electron chi connectivity index (χ3n) is 3.84. The van der Waals surface area contributed by atoms with E-state index >= 15 is 0 Å². The molecule has 1 aliphatic rings. The molecular weight excluding hydrogens is 376 g/mol. The summed E-state index contributed by atoms with van der Waals surface area (Å²) in [5.41, 5.74) is -4.29. The average molecular weight is 390 g/mol. The van der Waals surface area contributed by atoms with Gasteiger partial charge in [-0.05, 0) is 26.7 Å². The highest BCUT2D eigenvalue weighted by Crippen LogP contribution is 2.36. The van der Waals surface area contributed by atoms with Crippen LogP contribution in [-0.4, -0.2) is 34.4 Å². The van der Waals surface area contributed by atoms with E-state index in [1.807, 2.05) is 0 Å². The molecule has 1 atom stereocenters. The molecule has 1 aromatic rings. The molecule has 1 N–H and O–H groups in total. The molecule has 2 rings (SSSR count). The van der Waals surface area contributed by atoms with Crippen molar-refractivity contribution in [2.75, 3.05) is 6.61 Å². The zero-order valence-corrected chi connectivity index (χ0v) is 14.2. The molecule has 0 fully saturated rings. The molecule has 0 spiro atoms. The third-order valence-corrected chi connectivity index (χ3v) is 3.84. The predicted octanol–water partition coefficient (Wildman–Crippen LogP) is 3.61. The van der Waals surface area contributed by atoms with Gasteiger partial charge in [-0.2, -0.15) is 4.39 Å². The van der Waals surface area contributed by atoms with Crippen LogP contribution in [0.25, 0.3) is 5.76 Å². The highest BCUT2D eigenvalue weighted by atomic mass is 19.2. The monoisotopic (exact) mass is 390 g/mol. The number of aliphatic imine (C=N–C) groups is 1. The fraction of sp³-hybridized carbons (Fsp3) is 0.375. The van der Waals surface area contributed by atoms with Gasteiger partial charge in [-0.1, -0.05) is 0 Å². The van der Waals surface area contributed by atoms with E-state index in [4.69, 9.17) is 4.74 Å². The topological polar surface area (TPSA) is 102 Å². The third kappa shape index (κ3) is 3.62. The number of hydrogen-bond donors (Lipinski definition) is 1. The number of aliphatic hydroxyl groups is 1. The first-order valence-corrected chi connectivity index (χ1v) is 7.79. The Morgan fingerprint density at radius 3 is 2.33 bits per heavy atom. The molecule has 11 heteroatoms. The number of carbonyl (C=O) groups excluding carboxylic acids is 1. The number of ether oxygens (including phenoxy) is 1. The second kappa shape index (κ2) is 7.72. The normalized spacial score (nSPS) is 17.4. The number of hydrogen-bond acceptors (Lipinski definition) is 6. The molecule has 0 unspecified atom stereocenters. The van der Waals surface area contributed by atoms with E-state index in [0.717, 1.165) is 0 Å². The van der Waals surface area contributed by atoms with Gasteiger partial charge < -0.3 is 9.84 Å². The van der Waals surface area contributed by atoms with Crippen molar-refractivity contribution in [3.63, 3.8) is 0 Å². The van der Waals surface area contributed by atoms with E-state index in [-0.39, 0.29) is 24.8 Å². The lowest BCUT2D eigenvalue weighted by molar-refractivity contribution is -0.388. The fourth-order valence-corrected chi connectivity index (χ4v) is 2.62. The Hall–Kier alpha value is -2.98. The first-order valence-electron chi connectivity index (χ1n) is 7.79. The van der Waals surface area contributed by atoms with Gasteiger partial charge in [0.05, 0.1) is 17.2 Å². The van der Waals surface area contributed by atoms with Crippen LogP contribution >= 0.6 is 0 Å². The van der Waals surface area contributed by atoms with Crippen LogP contribution in [0.2, 0.25) is 0 Å². The first-order chi connectivity index (χ1) is 12.6. The Labute approximate surface area is 150 Å². The lowest BCUT2D eigenvalue weighted by atomic mass is 10.00. The van der Waals surface area contributed by atoms with E-state index < -0.39 is 56.7 Å². The maximum atomic E-state index is 14.2. The zero-order valence-electron chi connectivity index (χ0n) is 14.2. The van der Waals surface area contributed by atoms with Crippen molar-refractivity contribution in [3.05, 3.63) is 44.5 Å². The number of aliphatic hydroxyl groups excluding tert-OH is 1. The van der Waals surface area contributed by atoms with Crippen molar-refractivity contribution < 1.29 is 37.1 Å². The number of halogens is 4. The SMILES string of the molecule is CCOC(=O)C(C1=N[C@H](C)CC1)=C(O)c1c(F)c(F)c(F)c(F)c1[N+](=O)[O-]. The summed E-state index contributed by atoms with van der Waals surface area (Å²) < 4.78 is 59.8. The molecule has 7 nitrogen and oxygen atoms in total. The Balaban J connectivity index is 2.88. The Morgan fingerprint density at radius 1 is 1.26 bits per heavy atom. The van der Waals surface area contributed by atoms with Crippen LogP contribution < -0.4 is 0 Å². The van der Waals surface area contributed by atoms with Crippen LogP contribution in [0, 0.1) is 33.4 Å². The van der Waals surface area contributed by atoms with Crippen molar-refractivity contribution in [1.29, 1.82) is 0 Å². The molecule has 0 radical (unpaired) electrons. The van der Waals surface area contributed by atoms with Gasteiger partial charge in [-0.15, -0.1) is 0 Å². The summed E-state index contributed by atoms with van der Waals surface area (Å²) in [5, 5.41) is 21.5. The van der Waals surface area contributed by atoms with Gasteiger partial charge in [-0.3, -0.25) is 15.1 Å². The standard InChI is InChI=1S/C16H14F4N2O5/c1-3-27-16(24)8(7-5-4-6(2)21-7)15(23)9-10(17)11(18)12(19)13(20)14(9)22(25)26/h6,23H,3-5H2,1-2H3/t6-/m1/s1. The molecule has 1 aliphatic heterocycles. The predicted molar refractivity (Wildman–Crippen MR) is 85.2 cm³/mol. The highest BCUT2D eigenvalue weighted by Gasteiger charge is 2.38. The second-order valence-corrected chi connectivity index (χ2v) is 5.64. The number of rotatable bonds is 5. The Morgan fingerprint density at radius 2 is 1.85 bits per heavy atom. The summed E-state index contributed by atoms with van der Waals surface area (Å²) in [6, 6.07) is -0.279. The van der Waals surface area contributed by atoms with Crippen LogP contribution in [-0.2, 0) is 9.53 Å². The summed E-state index contributed by atoms with van der Waals surface area (Å²) in [7, 11) is 0. The summed E-state index contributed by atoms with van der Waals surface area (Å²) in [6.45, 7) is 2.92. The lowest BCUT2D eigenvalue weighted by Crippen LogP contribution is -2.18. The maximum absolute atomic E-state index is 14.2. The van der Waals surface area contributed by atoms with E-state index in [0.29, 0.717) is 6.42 Å². The van der Waals surface area contributed by atoms with Crippen molar-refractivity contribution >= 4 is 23.1 Å². The van der Waals surface area contributed by atoms with Crippen molar-refractivity contribution in [2.24, 2.45) is 4.99 Å². The van der Waals surface area contributed by atoms with Crippen LogP contribution in [0.15, 0.2) is 10.6 Å². The Bertz CT molecular complexity index is 882. The molecule has 27 heavy (non-hydrogen) atoms. The summed E-state index contributed by atoms with van der Waals surface area (Å²) in [6.07, 6.45) is 0.573. The van der Waals surface area contributed by atoms with Gasteiger partial charge in [0.25, 0.3) is 0 Å². The molecule has 0 bridgehead atoms. The second-order valence-electron chi connectivity index (χ2n) is 5.64. The number of esters is 1. The minimum Gasteiger partial charge on any atom is -0.506 e. The van der Waals surface area contributed by atoms with E-state index in [1.54, 1.807) is 6.92 Å². The van der Waals surface area contributed by atoms with E-state index in [2.05, 4.69) is 4.99 Å². The zero-order chi connectivity index (χ0) is 20.5. The smallest absolute Gasteiger partial charge is 0.343 e. The van der Waals surface area contributed by atoms with Crippen molar-refractivity contribution in [2.45, 2.75) is 32.7 Å². The van der Waals surface area contributed by atoms with Crippen LogP contribution in [0.5, 0.6) is 0 Å². The van der Waals surface area contributed by atoms with Gasteiger partial charge >= 0.3 is 11.7 Å². The van der Waals surface area contributed by atoms with Gasteiger partial charge in [0, 0.05) is 6.04 Å². The molecule has 1 aromatic carbocycles. The molecule has 0 aromatic heterocycles. The molecule has 0 aliphatic carbocycles. The van der Waals surface area contributed by atoms with Gasteiger partial charge in [0.15, 0.2) is 11.6 Å². The molecule has 0 saturated heterocycles. The van der Waals surface area contributed by atoms with Crippen LogP contribution in [0.3, 0.4) is 0 Å². The van der Waals surface area contributed by atoms with Crippen LogP contribution in [0.1, 0.15) is 32.3 Å². The number of benzene rings is 1. The highest BCUT2D eigenvalue weighted by molar-refractivity contribution is 6.24. The minimum absolute atomic E-state index is 0.0720. The maximum Gasteiger partial charge on any atom is 0.343 e. The van der Waals surface area contributed by atoms with Crippen LogP contribution in [0.4, 0.5) is 23.2 Å². The van der Waals surface area contributed by atoms with Crippen molar-refractivity contribution in [3.8, 4) is 0 Å². The molecular formula is C16H14F4N2O5. The summed E-state index contributed by atoms with van der Waals surface area (Å²) in [5.74, 6) is -12.0. The average Bonchev–Trinajstić information content (AvgIpc) is 3.01. The number of nitro benzene ring substituents is 1. The molecule has 1 heterocycles. The largest absolute Gasteiger partial charge is 0.506 e. The van der Waals surface area contributed by atoms with Gasteiger partial charge in [0.1, 0.15) is 16.9 Å². The van der Waals surface area contributed by atoms with Gasteiger partial charge in [-0.25, -0.2) is 18.0 Å². The Kier molecular flexibility index (Phi) is 5.82. The number of nitrogens with zero attached hydrogens (tertiary/aromatic N) is 2. The lowest BCUT2D eigenvalue weighted by Gasteiger charge is -2.12.